The van der Waals surface area contributed by atoms with Crippen molar-refractivity contribution in [2.24, 2.45) is 0 Å². The largest absolute Gasteiger partial charge is 0.504 e. The zero-order valence-corrected chi connectivity index (χ0v) is 17.1. The summed E-state index contributed by atoms with van der Waals surface area (Å²) in [5.74, 6) is 0.794. The first-order chi connectivity index (χ1) is 13.2. The molecule has 3 nitrogen and oxygen atoms in total. The molecule has 0 saturated heterocycles. The molecule has 0 aliphatic carbocycles. The molecule has 1 aromatic rings. The molecule has 0 unspecified atom stereocenters. The minimum absolute atomic E-state index is 0.129. The molecule has 0 amide bonds. The lowest BCUT2D eigenvalue weighted by atomic mass is 10.1. The Bertz CT molecular complexity index is 587. The third kappa shape index (κ3) is 11.3. The van der Waals surface area contributed by atoms with E-state index in [4.69, 9.17) is 4.74 Å². The highest BCUT2D eigenvalue weighted by atomic mass is 16.5. The summed E-state index contributed by atoms with van der Waals surface area (Å²) in [6.45, 7) is 4.64. The summed E-state index contributed by atoms with van der Waals surface area (Å²) < 4.78 is 5.30. The maximum atomic E-state index is 11.9. The molecule has 150 valence electrons. The summed E-state index contributed by atoms with van der Waals surface area (Å²) in [7, 11) is 0. The molecule has 0 aliphatic rings. The molecule has 0 saturated carbocycles. The van der Waals surface area contributed by atoms with Gasteiger partial charge in [0.15, 0.2) is 17.3 Å². The summed E-state index contributed by atoms with van der Waals surface area (Å²) in [6.07, 6.45) is 19.1. The summed E-state index contributed by atoms with van der Waals surface area (Å²) in [4.78, 5) is 11.9. The predicted octanol–water partition coefficient (Wildman–Crippen LogP) is 6.85. The minimum atomic E-state index is 0.129. The highest BCUT2D eigenvalue weighted by Gasteiger charge is 2.01. The van der Waals surface area contributed by atoms with E-state index in [-0.39, 0.29) is 11.5 Å². The third-order valence-electron chi connectivity index (χ3n) is 4.49. The first-order valence-electron chi connectivity index (χ1n) is 10.5. The van der Waals surface area contributed by atoms with Gasteiger partial charge in [-0.25, -0.2) is 0 Å². The predicted molar refractivity (Wildman–Crippen MR) is 114 cm³/mol. The van der Waals surface area contributed by atoms with E-state index in [2.05, 4.69) is 6.92 Å². The quantitative estimate of drug-likeness (QED) is 0.208. The van der Waals surface area contributed by atoms with Crippen molar-refractivity contribution in [1.82, 2.24) is 0 Å². The topological polar surface area (TPSA) is 46.5 Å². The van der Waals surface area contributed by atoms with E-state index in [1.807, 2.05) is 25.1 Å². The van der Waals surface area contributed by atoms with E-state index in [0.29, 0.717) is 18.8 Å². The van der Waals surface area contributed by atoms with Crippen LogP contribution in [-0.4, -0.2) is 17.5 Å². The third-order valence-corrected chi connectivity index (χ3v) is 4.49. The van der Waals surface area contributed by atoms with Crippen LogP contribution in [0.5, 0.6) is 11.5 Å². The van der Waals surface area contributed by atoms with E-state index in [1.165, 1.54) is 44.9 Å². The standard InChI is InChI=1S/C24H36O3/c1-3-5-6-7-8-9-10-11-12-16-22(25)17-14-13-15-21-18-19-24(27-4-2)23(26)20-21/h13-15,17-20,26H,3-12,16H2,1-2H3. The van der Waals surface area contributed by atoms with Crippen molar-refractivity contribution < 1.29 is 14.6 Å². The van der Waals surface area contributed by atoms with Crippen LogP contribution in [0.2, 0.25) is 0 Å². The van der Waals surface area contributed by atoms with Crippen LogP contribution in [0.25, 0.3) is 6.08 Å². The fourth-order valence-corrected chi connectivity index (χ4v) is 2.94. The number of carbonyl (C=O) groups excluding carboxylic acids is 1. The van der Waals surface area contributed by atoms with Gasteiger partial charge in [0, 0.05) is 6.42 Å². The van der Waals surface area contributed by atoms with Gasteiger partial charge >= 0.3 is 0 Å². The number of benzene rings is 1. The van der Waals surface area contributed by atoms with Crippen molar-refractivity contribution in [2.45, 2.75) is 78.1 Å². The van der Waals surface area contributed by atoms with Gasteiger partial charge in [-0.2, -0.15) is 0 Å². The zero-order chi connectivity index (χ0) is 19.7. The summed E-state index contributed by atoms with van der Waals surface area (Å²) >= 11 is 0. The molecule has 0 radical (unpaired) electrons. The second-order valence-electron chi connectivity index (χ2n) is 6.92. The lowest BCUT2D eigenvalue weighted by molar-refractivity contribution is -0.114. The molecular weight excluding hydrogens is 336 g/mol. The van der Waals surface area contributed by atoms with Gasteiger partial charge in [0.2, 0.25) is 0 Å². The number of allylic oxidation sites excluding steroid dienone is 3. The molecule has 1 rings (SSSR count). The van der Waals surface area contributed by atoms with Gasteiger partial charge in [-0.05, 0) is 37.1 Å². The molecule has 0 atom stereocenters. The summed E-state index contributed by atoms with van der Waals surface area (Å²) in [6, 6.07) is 5.27. The number of unbranched alkanes of at least 4 members (excludes halogenated alkanes) is 8. The molecule has 3 heteroatoms. The van der Waals surface area contributed by atoms with Crippen molar-refractivity contribution in [3.63, 3.8) is 0 Å². The van der Waals surface area contributed by atoms with Crippen molar-refractivity contribution in [3.8, 4) is 11.5 Å². The number of hydrogen-bond acceptors (Lipinski definition) is 3. The van der Waals surface area contributed by atoms with Crippen LogP contribution in [0.15, 0.2) is 36.4 Å². The summed E-state index contributed by atoms with van der Waals surface area (Å²) in [5.41, 5.74) is 0.868. The van der Waals surface area contributed by atoms with Gasteiger partial charge in [-0.15, -0.1) is 0 Å². The molecule has 27 heavy (non-hydrogen) atoms. The lowest BCUT2D eigenvalue weighted by Gasteiger charge is -2.05. The van der Waals surface area contributed by atoms with Crippen LogP contribution >= 0.6 is 0 Å². The molecule has 0 spiro atoms. The van der Waals surface area contributed by atoms with Gasteiger partial charge in [-0.3, -0.25) is 4.79 Å². The average molecular weight is 373 g/mol. The van der Waals surface area contributed by atoms with E-state index in [9.17, 15) is 9.90 Å². The number of aromatic hydroxyl groups is 1. The van der Waals surface area contributed by atoms with Crippen LogP contribution in [-0.2, 0) is 4.79 Å². The Morgan fingerprint density at radius 1 is 0.963 bits per heavy atom. The molecule has 1 aromatic carbocycles. The molecule has 1 N–H and O–H groups in total. The van der Waals surface area contributed by atoms with Gasteiger partial charge in [0.25, 0.3) is 0 Å². The summed E-state index contributed by atoms with van der Waals surface area (Å²) in [5, 5.41) is 9.85. The molecule has 0 aromatic heterocycles. The number of hydrogen-bond donors (Lipinski definition) is 1. The minimum Gasteiger partial charge on any atom is -0.504 e. The molecular formula is C24H36O3. The first-order valence-corrected chi connectivity index (χ1v) is 10.5. The number of ether oxygens (including phenoxy) is 1. The van der Waals surface area contributed by atoms with Gasteiger partial charge in [0.05, 0.1) is 6.61 Å². The number of phenols is 1. The molecule has 0 bridgehead atoms. The maximum Gasteiger partial charge on any atom is 0.160 e. The van der Waals surface area contributed by atoms with Crippen LogP contribution in [0.4, 0.5) is 0 Å². The smallest absolute Gasteiger partial charge is 0.160 e. The van der Waals surface area contributed by atoms with Crippen LogP contribution in [0, 0.1) is 0 Å². The normalized spacial score (nSPS) is 11.5. The Morgan fingerprint density at radius 3 is 2.26 bits per heavy atom. The van der Waals surface area contributed by atoms with Crippen molar-refractivity contribution in [2.75, 3.05) is 6.61 Å². The monoisotopic (exact) mass is 372 g/mol. The van der Waals surface area contributed by atoms with E-state index in [0.717, 1.165) is 18.4 Å². The Balaban J connectivity index is 2.17. The highest BCUT2D eigenvalue weighted by Crippen LogP contribution is 2.27. The van der Waals surface area contributed by atoms with Gasteiger partial charge in [-0.1, -0.05) is 82.6 Å². The molecule has 0 fully saturated rings. The Morgan fingerprint density at radius 2 is 1.63 bits per heavy atom. The number of rotatable bonds is 15. The fourth-order valence-electron chi connectivity index (χ4n) is 2.94. The fraction of sp³-hybridized carbons (Fsp3) is 0.542. The highest BCUT2D eigenvalue weighted by molar-refractivity contribution is 5.89. The number of ketones is 1. The van der Waals surface area contributed by atoms with E-state index < -0.39 is 0 Å². The van der Waals surface area contributed by atoms with E-state index in [1.54, 1.807) is 24.3 Å². The lowest BCUT2D eigenvalue weighted by Crippen LogP contribution is -1.92. The Labute approximate surface area is 165 Å². The average Bonchev–Trinajstić information content (AvgIpc) is 2.66. The Kier molecular flexibility index (Phi) is 12.8. The second kappa shape index (κ2) is 15.1. The van der Waals surface area contributed by atoms with Gasteiger partial charge in [0.1, 0.15) is 0 Å². The second-order valence-corrected chi connectivity index (χ2v) is 6.92. The van der Waals surface area contributed by atoms with Crippen molar-refractivity contribution >= 4 is 11.9 Å². The van der Waals surface area contributed by atoms with Gasteiger partial charge < -0.3 is 9.84 Å². The van der Waals surface area contributed by atoms with Crippen molar-refractivity contribution in [1.29, 1.82) is 0 Å². The molecule has 0 aliphatic heterocycles. The SMILES string of the molecule is CCCCCCCCCCCC(=O)C=CC=Cc1ccc(OCC)c(O)c1. The van der Waals surface area contributed by atoms with Crippen LogP contribution in [0.1, 0.15) is 83.6 Å². The first kappa shape index (κ1) is 23.0. The molecule has 0 heterocycles. The van der Waals surface area contributed by atoms with E-state index >= 15 is 0 Å². The van der Waals surface area contributed by atoms with Crippen molar-refractivity contribution in [3.05, 3.63) is 42.0 Å². The van der Waals surface area contributed by atoms with Crippen LogP contribution < -0.4 is 4.74 Å². The number of carbonyl (C=O) groups is 1. The number of phenolic OH excluding ortho intramolecular Hbond substituents is 1. The Hall–Kier alpha value is -2.03. The maximum absolute atomic E-state index is 11.9. The van der Waals surface area contributed by atoms with Crippen LogP contribution in [0.3, 0.4) is 0 Å². The zero-order valence-electron chi connectivity index (χ0n) is 17.1.